The fraction of sp³-hybridized carbons (Fsp3) is 0.760. The summed E-state index contributed by atoms with van der Waals surface area (Å²) in [6, 6.07) is 1.90. The Balaban J connectivity index is 3.06. The first-order valence-corrected chi connectivity index (χ1v) is 15.7. The second-order valence-corrected chi connectivity index (χ2v) is 13.2. The van der Waals surface area contributed by atoms with Crippen molar-refractivity contribution < 1.29 is 119 Å². The lowest BCUT2D eigenvalue weighted by Crippen LogP contribution is -2.70. The predicted octanol–water partition coefficient (Wildman–Crippen LogP) is 12.4. The van der Waals surface area contributed by atoms with Crippen molar-refractivity contribution in [3.8, 4) is 5.75 Å². The highest BCUT2D eigenvalue weighted by atomic mass is 32.2. The molecular formula is C25H18F26OS2. The van der Waals surface area contributed by atoms with Gasteiger partial charge in [0.05, 0.1) is 0 Å². The normalized spacial score (nSPS) is 15.6. The lowest BCUT2D eigenvalue weighted by atomic mass is 9.93. The average Bonchev–Trinajstić information content (AvgIpc) is 2.97. The number of halogens is 26. The Morgan fingerprint density at radius 1 is 0.407 bits per heavy atom. The van der Waals surface area contributed by atoms with Crippen molar-refractivity contribution in [2.45, 2.75) is 103 Å². The molecular weight excluding hydrogens is 874 g/mol. The Kier molecular flexibility index (Phi) is 13.9. The van der Waals surface area contributed by atoms with Gasteiger partial charge in [0.15, 0.2) is 0 Å². The third-order valence-corrected chi connectivity index (χ3v) is 9.06. The minimum Gasteiger partial charge on any atom is -0.507 e. The number of phenolic OH excluding ortho intramolecular Hbond substituents is 1. The van der Waals surface area contributed by atoms with E-state index in [1.165, 1.54) is 0 Å². The maximum atomic E-state index is 14.0. The molecule has 0 heterocycles. The molecule has 0 aliphatic carbocycles. The molecule has 0 fully saturated rings. The Labute approximate surface area is 292 Å². The maximum Gasteiger partial charge on any atom is 0.460 e. The summed E-state index contributed by atoms with van der Waals surface area (Å²) in [6.07, 6.45) is -20.4. The van der Waals surface area contributed by atoms with Gasteiger partial charge in [-0.25, -0.2) is 0 Å². The topological polar surface area (TPSA) is 20.2 Å². The number of rotatable bonds is 18. The lowest BCUT2D eigenvalue weighted by Gasteiger charge is -2.39. The van der Waals surface area contributed by atoms with E-state index in [1.807, 2.05) is 0 Å². The minimum atomic E-state index is -8.12. The number of hydrogen-bond donors (Lipinski definition) is 1. The van der Waals surface area contributed by atoms with Crippen LogP contribution in [0.25, 0.3) is 0 Å². The molecule has 318 valence electrons. The molecule has 0 radical (unpaired) electrons. The number of aryl methyl sites for hydroxylation is 1. The number of alkyl halides is 26. The van der Waals surface area contributed by atoms with Gasteiger partial charge in [-0.3, -0.25) is 0 Å². The second-order valence-electron chi connectivity index (χ2n) is 11.0. The van der Waals surface area contributed by atoms with Gasteiger partial charge in [-0.1, -0.05) is 17.7 Å². The molecule has 54 heavy (non-hydrogen) atoms. The Morgan fingerprint density at radius 3 is 0.889 bits per heavy atom. The smallest absolute Gasteiger partial charge is 0.460 e. The van der Waals surface area contributed by atoms with E-state index in [4.69, 9.17) is 0 Å². The fourth-order valence-corrected chi connectivity index (χ4v) is 5.81. The zero-order valence-electron chi connectivity index (χ0n) is 25.5. The highest BCUT2D eigenvalue weighted by Crippen LogP contribution is 2.62. The summed E-state index contributed by atoms with van der Waals surface area (Å²) >= 11 is -0.0573. The molecule has 0 atom stereocenters. The van der Waals surface area contributed by atoms with Crippen LogP contribution in [0.15, 0.2) is 12.1 Å². The van der Waals surface area contributed by atoms with Gasteiger partial charge < -0.3 is 5.11 Å². The molecule has 0 amide bonds. The molecule has 1 rings (SSSR count). The Hall–Kier alpha value is -2.10. The number of thioether (sulfide) groups is 2. The molecule has 1 aromatic carbocycles. The summed E-state index contributed by atoms with van der Waals surface area (Å²) in [7, 11) is 0. The molecule has 29 heteroatoms. The van der Waals surface area contributed by atoms with Gasteiger partial charge in [0.1, 0.15) is 5.75 Å². The van der Waals surface area contributed by atoms with Gasteiger partial charge in [-0.15, -0.1) is 0 Å². The van der Waals surface area contributed by atoms with Gasteiger partial charge >= 0.3 is 71.6 Å². The molecule has 0 aromatic heterocycles. The van der Waals surface area contributed by atoms with Crippen LogP contribution in [0.2, 0.25) is 0 Å². The highest BCUT2D eigenvalue weighted by molar-refractivity contribution is 7.98. The van der Waals surface area contributed by atoms with Crippen LogP contribution in [-0.4, -0.2) is 88.2 Å². The SMILES string of the molecule is Cc1cc(CSCCC(F)(F)C(F)(F)C(F)(F)C(F)(F)C(F)(F)C(F)(F)F)c(O)c(CSCCC(F)(F)C(F)(F)C(F)(F)C(F)(F)C(F)(F)C(F)(F)F)c1. The molecule has 0 saturated carbocycles. The predicted molar refractivity (Wildman–Crippen MR) is 136 cm³/mol. The second kappa shape index (κ2) is 15.0. The molecule has 0 aliphatic rings. The molecule has 0 spiro atoms. The average molecular weight is 893 g/mol. The number of benzene rings is 1. The van der Waals surface area contributed by atoms with Crippen molar-refractivity contribution in [1.82, 2.24) is 0 Å². The van der Waals surface area contributed by atoms with Crippen LogP contribution in [0.3, 0.4) is 0 Å². The van der Waals surface area contributed by atoms with Crippen molar-refractivity contribution in [2.24, 2.45) is 0 Å². The molecule has 0 saturated heterocycles. The largest absolute Gasteiger partial charge is 0.507 e. The molecule has 1 aromatic rings. The van der Waals surface area contributed by atoms with E-state index in [1.54, 1.807) is 0 Å². The van der Waals surface area contributed by atoms with E-state index in [2.05, 4.69) is 0 Å². The third-order valence-electron chi connectivity index (χ3n) is 7.04. The van der Waals surface area contributed by atoms with E-state index in [-0.39, 0.29) is 29.1 Å². The third kappa shape index (κ3) is 8.30. The van der Waals surface area contributed by atoms with Gasteiger partial charge in [0, 0.05) is 35.5 Å². The number of hydrogen-bond acceptors (Lipinski definition) is 3. The molecule has 1 N–H and O–H groups in total. The zero-order valence-corrected chi connectivity index (χ0v) is 27.1. The highest BCUT2D eigenvalue weighted by Gasteiger charge is 2.92. The van der Waals surface area contributed by atoms with Crippen molar-refractivity contribution >= 4 is 23.5 Å². The first kappa shape index (κ1) is 49.9. The summed E-state index contributed by atoms with van der Waals surface area (Å²) < 4.78 is 344. The van der Waals surface area contributed by atoms with Crippen molar-refractivity contribution in [3.05, 3.63) is 28.8 Å². The van der Waals surface area contributed by atoms with Crippen LogP contribution in [0.4, 0.5) is 114 Å². The lowest BCUT2D eigenvalue weighted by molar-refractivity contribution is -0.439. The summed E-state index contributed by atoms with van der Waals surface area (Å²) in [5.41, 5.74) is -0.874. The summed E-state index contributed by atoms with van der Waals surface area (Å²) in [4.78, 5) is 0. The van der Waals surface area contributed by atoms with Crippen LogP contribution < -0.4 is 0 Å². The van der Waals surface area contributed by atoms with Crippen molar-refractivity contribution in [1.29, 1.82) is 0 Å². The van der Waals surface area contributed by atoms with E-state index in [0.717, 1.165) is 19.1 Å². The van der Waals surface area contributed by atoms with E-state index in [0.29, 0.717) is 0 Å². The fourth-order valence-electron chi connectivity index (χ4n) is 3.84. The zero-order chi connectivity index (χ0) is 43.4. The van der Waals surface area contributed by atoms with Crippen LogP contribution >= 0.6 is 23.5 Å². The van der Waals surface area contributed by atoms with Crippen LogP contribution in [0.1, 0.15) is 29.5 Å². The van der Waals surface area contributed by atoms with Gasteiger partial charge in [-0.2, -0.15) is 138 Å². The number of aromatic hydroxyl groups is 1. The summed E-state index contributed by atoms with van der Waals surface area (Å²) in [5, 5.41) is 10.3. The maximum absolute atomic E-state index is 14.0. The monoisotopic (exact) mass is 892 g/mol. The number of phenols is 1. The van der Waals surface area contributed by atoms with Crippen LogP contribution in [0, 0.1) is 6.92 Å². The summed E-state index contributed by atoms with van der Waals surface area (Å²) in [6.45, 7) is 1.16. The minimum absolute atomic E-state index is 0.0210. The standard InChI is InChI=1S/C25H18F26OS2/c1-10-6-11(8-53-4-2-14(26,27)16(30,31)18(34,35)20(38,39)22(42,43)24(46,47)48)13(52)12(7-10)9-54-5-3-15(28,29)17(32,33)19(36,37)21(40,41)23(44,45)25(49,50)51/h6-7,52H,2-5,8-9H2,1H3. The van der Waals surface area contributed by atoms with Gasteiger partial charge in [-0.05, 0) is 18.4 Å². The van der Waals surface area contributed by atoms with Gasteiger partial charge in [0.2, 0.25) is 0 Å². The molecule has 0 bridgehead atoms. The first-order chi connectivity index (χ1) is 23.5. The Morgan fingerprint density at radius 2 is 0.648 bits per heavy atom. The first-order valence-electron chi connectivity index (χ1n) is 13.4. The van der Waals surface area contributed by atoms with Crippen molar-refractivity contribution in [2.75, 3.05) is 11.5 Å². The molecule has 1 nitrogen and oxygen atoms in total. The molecule has 0 aliphatic heterocycles. The Bertz CT molecular complexity index is 1340. The summed E-state index contributed by atoms with van der Waals surface area (Å²) in [5.74, 6) is -81.8. The van der Waals surface area contributed by atoms with E-state index < -0.39 is 124 Å². The molecule has 0 unspecified atom stereocenters. The van der Waals surface area contributed by atoms with Crippen molar-refractivity contribution in [3.63, 3.8) is 0 Å². The van der Waals surface area contributed by atoms with Crippen LogP contribution in [0.5, 0.6) is 5.75 Å². The van der Waals surface area contributed by atoms with Crippen LogP contribution in [-0.2, 0) is 11.5 Å². The van der Waals surface area contributed by atoms with Gasteiger partial charge in [0.25, 0.3) is 0 Å². The van der Waals surface area contributed by atoms with E-state index >= 15 is 0 Å². The quantitative estimate of drug-likeness (QED) is 0.117. The van der Waals surface area contributed by atoms with E-state index in [9.17, 15) is 119 Å².